The summed E-state index contributed by atoms with van der Waals surface area (Å²) in [4.78, 5) is 22.2. The van der Waals surface area contributed by atoms with Gasteiger partial charge in [-0.05, 0) is 30.9 Å². The van der Waals surface area contributed by atoms with Crippen molar-refractivity contribution in [1.82, 2.24) is 14.5 Å². The van der Waals surface area contributed by atoms with E-state index in [1.165, 1.54) is 0 Å². The Kier molecular flexibility index (Phi) is 5.94. The number of anilines is 1. The van der Waals surface area contributed by atoms with Gasteiger partial charge in [-0.1, -0.05) is 45.7 Å². The number of para-hydroxylation sites is 2. The van der Waals surface area contributed by atoms with Crippen LogP contribution in [-0.2, 0) is 11.3 Å². The summed E-state index contributed by atoms with van der Waals surface area (Å²) in [5.41, 5.74) is 9.42. The predicted octanol–water partition coefficient (Wildman–Crippen LogP) is 4.56. The fourth-order valence-corrected chi connectivity index (χ4v) is 3.12. The van der Waals surface area contributed by atoms with E-state index in [1.54, 1.807) is 0 Å². The molecule has 6 heteroatoms. The molecule has 0 atom stereocenters. The summed E-state index contributed by atoms with van der Waals surface area (Å²) in [6.45, 7) is 7.43. The largest absolute Gasteiger partial charge is 0.462 e. The SMILES string of the molecule is CCCCCn1c(N)c(C(=O)OCCC(C)C)c2nc3ccccc3nc21. The molecule has 0 bridgehead atoms. The minimum atomic E-state index is -0.419. The molecule has 27 heavy (non-hydrogen) atoms. The molecule has 2 N–H and O–H groups in total. The topological polar surface area (TPSA) is 83.0 Å². The number of nitrogens with two attached hydrogens (primary N) is 1. The third-order valence-corrected chi connectivity index (χ3v) is 4.71. The number of ether oxygens (including phenoxy) is 1. The first-order valence-corrected chi connectivity index (χ1v) is 9.74. The molecule has 0 saturated carbocycles. The lowest BCUT2D eigenvalue weighted by atomic mass is 10.1. The van der Waals surface area contributed by atoms with Crippen molar-refractivity contribution in [1.29, 1.82) is 0 Å². The van der Waals surface area contributed by atoms with Gasteiger partial charge in [0.15, 0.2) is 5.65 Å². The summed E-state index contributed by atoms with van der Waals surface area (Å²) in [7, 11) is 0. The number of carbonyl (C=O) groups is 1. The second kappa shape index (κ2) is 8.37. The van der Waals surface area contributed by atoms with Crippen LogP contribution < -0.4 is 5.73 Å². The van der Waals surface area contributed by atoms with E-state index in [0.717, 1.165) is 36.7 Å². The van der Waals surface area contributed by atoms with Gasteiger partial charge in [-0.2, -0.15) is 0 Å². The molecular formula is C21H28N4O2. The fourth-order valence-electron chi connectivity index (χ4n) is 3.12. The highest BCUT2D eigenvalue weighted by Gasteiger charge is 2.25. The highest BCUT2D eigenvalue weighted by molar-refractivity contribution is 6.08. The van der Waals surface area contributed by atoms with Gasteiger partial charge in [0.05, 0.1) is 17.6 Å². The Hall–Kier alpha value is -2.63. The lowest BCUT2D eigenvalue weighted by Crippen LogP contribution is -2.11. The summed E-state index contributed by atoms with van der Waals surface area (Å²) >= 11 is 0. The average molecular weight is 368 g/mol. The Labute approximate surface area is 159 Å². The van der Waals surface area contributed by atoms with Gasteiger partial charge in [0.1, 0.15) is 16.9 Å². The maximum absolute atomic E-state index is 12.8. The highest BCUT2D eigenvalue weighted by atomic mass is 16.5. The molecule has 0 saturated heterocycles. The number of hydrogen-bond donors (Lipinski definition) is 1. The van der Waals surface area contributed by atoms with Crippen molar-refractivity contribution >= 4 is 34.0 Å². The van der Waals surface area contributed by atoms with Gasteiger partial charge in [-0.25, -0.2) is 14.8 Å². The second-order valence-corrected chi connectivity index (χ2v) is 7.32. The van der Waals surface area contributed by atoms with Crippen molar-refractivity contribution in [3.8, 4) is 0 Å². The smallest absolute Gasteiger partial charge is 0.344 e. The number of aromatic nitrogens is 3. The average Bonchev–Trinajstić information content (AvgIpc) is 2.90. The van der Waals surface area contributed by atoms with Crippen LogP contribution in [0.1, 0.15) is 56.8 Å². The number of unbranched alkanes of at least 4 members (excludes halogenated alkanes) is 2. The van der Waals surface area contributed by atoms with Crippen LogP contribution in [0.25, 0.3) is 22.2 Å². The zero-order valence-corrected chi connectivity index (χ0v) is 16.4. The molecule has 0 unspecified atom stereocenters. The lowest BCUT2D eigenvalue weighted by molar-refractivity contribution is 0.0491. The highest BCUT2D eigenvalue weighted by Crippen LogP contribution is 2.29. The molecular weight excluding hydrogens is 340 g/mol. The Bertz CT molecular complexity index is 946. The zero-order chi connectivity index (χ0) is 19.4. The second-order valence-electron chi connectivity index (χ2n) is 7.32. The summed E-state index contributed by atoms with van der Waals surface area (Å²) in [5.74, 6) is 0.442. The first-order chi connectivity index (χ1) is 13.0. The van der Waals surface area contributed by atoms with Crippen molar-refractivity contribution in [3.63, 3.8) is 0 Å². The number of carbonyl (C=O) groups excluding carboxylic acids is 1. The number of rotatable bonds is 8. The molecule has 144 valence electrons. The van der Waals surface area contributed by atoms with Crippen LogP contribution >= 0.6 is 0 Å². The van der Waals surface area contributed by atoms with E-state index in [4.69, 9.17) is 15.5 Å². The van der Waals surface area contributed by atoms with Crippen LogP contribution in [0.15, 0.2) is 24.3 Å². The maximum Gasteiger partial charge on any atom is 0.344 e. The first-order valence-electron chi connectivity index (χ1n) is 9.74. The molecule has 0 aliphatic heterocycles. The summed E-state index contributed by atoms with van der Waals surface area (Å²) < 4.78 is 7.39. The van der Waals surface area contributed by atoms with E-state index in [9.17, 15) is 4.79 Å². The molecule has 3 rings (SSSR count). The van der Waals surface area contributed by atoms with Crippen LogP contribution in [0.3, 0.4) is 0 Å². The van der Waals surface area contributed by atoms with Crippen molar-refractivity contribution in [2.75, 3.05) is 12.3 Å². The van der Waals surface area contributed by atoms with Crippen LogP contribution in [-0.4, -0.2) is 27.1 Å². The van der Waals surface area contributed by atoms with E-state index >= 15 is 0 Å². The molecule has 0 radical (unpaired) electrons. The van der Waals surface area contributed by atoms with E-state index in [0.29, 0.717) is 41.6 Å². The van der Waals surface area contributed by atoms with E-state index in [-0.39, 0.29) is 0 Å². The molecule has 6 nitrogen and oxygen atoms in total. The van der Waals surface area contributed by atoms with Crippen LogP contribution in [0.5, 0.6) is 0 Å². The third-order valence-electron chi connectivity index (χ3n) is 4.71. The third kappa shape index (κ3) is 4.04. The number of aryl methyl sites for hydroxylation is 1. The minimum Gasteiger partial charge on any atom is -0.462 e. The Morgan fingerprint density at radius 3 is 2.56 bits per heavy atom. The number of fused-ring (bicyclic) bond motifs is 2. The Morgan fingerprint density at radius 1 is 1.19 bits per heavy atom. The molecule has 2 aromatic heterocycles. The van der Waals surface area contributed by atoms with Gasteiger partial charge in [0.2, 0.25) is 0 Å². The molecule has 1 aromatic carbocycles. The molecule has 0 fully saturated rings. The molecule has 0 aliphatic rings. The number of benzene rings is 1. The number of nitrogens with zero attached hydrogens (tertiary/aromatic N) is 3. The monoisotopic (exact) mass is 368 g/mol. The fraction of sp³-hybridized carbons (Fsp3) is 0.476. The maximum atomic E-state index is 12.8. The first kappa shape index (κ1) is 19.1. The Morgan fingerprint density at radius 2 is 1.89 bits per heavy atom. The minimum absolute atomic E-state index is 0.337. The van der Waals surface area contributed by atoms with Gasteiger partial charge < -0.3 is 15.0 Å². The summed E-state index contributed by atoms with van der Waals surface area (Å²) in [6, 6.07) is 7.64. The van der Waals surface area contributed by atoms with Crippen LogP contribution in [0.4, 0.5) is 5.82 Å². The molecule has 3 aromatic rings. The van der Waals surface area contributed by atoms with Gasteiger partial charge >= 0.3 is 5.97 Å². The van der Waals surface area contributed by atoms with Crippen molar-refractivity contribution in [3.05, 3.63) is 29.8 Å². The molecule has 0 aliphatic carbocycles. The summed E-state index contributed by atoms with van der Waals surface area (Å²) in [6.07, 6.45) is 3.99. The normalized spacial score (nSPS) is 11.6. The van der Waals surface area contributed by atoms with Crippen molar-refractivity contribution in [2.24, 2.45) is 5.92 Å². The zero-order valence-electron chi connectivity index (χ0n) is 16.4. The molecule has 0 spiro atoms. The van der Waals surface area contributed by atoms with Crippen molar-refractivity contribution in [2.45, 2.75) is 53.0 Å². The Balaban J connectivity index is 2.06. The predicted molar refractivity (Wildman–Crippen MR) is 109 cm³/mol. The number of nitrogen functional groups attached to an aromatic ring is 1. The van der Waals surface area contributed by atoms with E-state index in [2.05, 4.69) is 25.8 Å². The van der Waals surface area contributed by atoms with E-state index in [1.807, 2.05) is 28.8 Å². The van der Waals surface area contributed by atoms with Crippen LogP contribution in [0.2, 0.25) is 0 Å². The lowest BCUT2D eigenvalue weighted by Gasteiger charge is -2.08. The summed E-state index contributed by atoms with van der Waals surface area (Å²) in [5, 5.41) is 0. The van der Waals surface area contributed by atoms with Crippen LogP contribution in [0, 0.1) is 5.92 Å². The molecule has 2 heterocycles. The number of hydrogen-bond acceptors (Lipinski definition) is 5. The number of esters is 1. The standard InChI is InChI=1S/C21H28N4O2/c1-4-5-8-12-25-19(22)17(21(26)27-13-11-14(2)3)18-20(25)24-16-10-7-6-9-15(16)23-18/h6-7,9-10,14H,4-5,8,11-13,22H2,1-3H3. The molecule has 0 amide bonds. The van der Waals surface area contributed by atoms with Gasteiger partial charge in [-0.15, -0.1) is 0 Å². The van der Waals surface area contributed by atoms with E-state index < -0.39 is 5.97 Å². The van der Waals surface area contributed by atoms with Gasteiger partial charge in [0.25, 0.3) is 0 Å². The van der Waals surface area contributed by atoms with Crippen molar-refractivity contribution < 1.29 is 9.53 Å². The quantitative estimate of drug-likeness (QED) is 0.465. The van der Waals surface area contributed by atoms with Gasteiger partial charge in [0, 0.05) is 6.54 Å². The van der Waals surface area contributed by atoms with Gasteiger partial charge in [-0.3, -0.25) is 0 Å².